The fraction of sp³-hybridized carbons (Fsp3) is 0.449. The van der Waals surface area contributed by atoms with E-state index in [2.05, 4.69) is 235 Å². The molecule has 1 saturated carbocycles. The summed E-state index contributed by atoms with van der Waals surface area (Å²) in [7, 11) is 0. The van der Waals surface area contributed by atoms with Crippen molar-refractivity contribution < 1.29 is 0 Å². The Bertz CT molecular complexity index is 3510. The van der Waals surface area contributed by atoms with Crippen LogP contribution in [-0.2, 0) is 43.3 Å². The van der Waals surface area contributed by atoms with Crippen molar-refractivity contribution in [1.29, 1.82) is 0 Å². The van der Waals surface area contributed by atoms with E-state index in [9.17, 15) is 0 Å². The quantitative estimate of drug-likeness (QED) is 0.163. The van der Waals surface area contributed by atoms with Crippen molar-refractivity contribution in [3.63, 3.8) is 0 Å². The van der Waals surface area contributed by atoms with Crippen molar-refractivity contribution in [3.8, 4) is 11.1 Å². The van der Waals surface area contributed by atoms with Gasteiger partial charge in [-0.2, -0.15) is 0 Å². The minimum Gasteiger partial charge on any atom is -0.311 e. The first-order chi connectivity index (χ1) is 34.1. The molecule has 2 atom stereocenters. The van der Waals surface area contributed by atoms with Crippen molar-refractivity contribution in [2.75, 3.05) is 9.80 Å². The van der Waals surface area contributed by atoms with Gasteiger partial charge in [0.2, 0.25) is 0 Å². The molecule has 0 spiro atoms. The maximum absolute atomic E-state index is 2.80. The molecule has 0 amide bonds. The molecular weight excluding hydrogens is 900 g/mol. The average molecular weight is 979 g/mol. The van der Waals surface area contributed by atoms with Gasteiger partial charge in [0.05, 0.1) is 11.4 Å². The van der Waals surface area contributed by atoms with E-state index in [1.807, 2.05) is 0 Å². The summed E-state index contributed by atoms with van der Waals surface area (Å²) in [6.07, 6.45) is 8.54. The third-order valence-electron chi connectivity index (χ3n) is 20.2. The van der Waals surface area contributed by atoms with Gasteiger partial charge in [-0.1, -0.05) is 165 Å². The van der Waals surface area contributed by atoms with Gasteiger partial charge in [0.1, 0.15) is 0 Å². The summed E-state index contributed by atoms with van der Waals surface area (Å²) in [5, 5.41) is 1.43. The van der Waals surface area contributed by atoms with Gasteiger partial charge in [-0.15, -0.1) is 11.3 Å². The molecule has 2 aliphatic heterocycles. The van der Waals surface area contributed by atoms with E-state index in [4.69, 9.17) is 0 Å². The number of hydrogen-bond acceptors (Lipinski definition) is 3. The topological polar surface area (TPSA) is 6.48 Å². The van der Waals surface area contributed by atoms with Crippen molar-refractivity contribution in [2.24, 2.45) is 0 Å². The second-order valence-corrected chi connectivity index (χ2v) is 30.4. The summed E-state index contributed by atoms with van der Waals surface area (Å²) in [6, 6.07) is 42.5. The molecule has 4 heteroatoms. The van der Waals surface area contributed by atoms with Crippen LogP contribution in [0, 0.1) is 0 Å². The number of nitrogens with zero attached hydrogens (tertiary/aromatic N) is 2. The molecule has 2 unspecified atom stereocenters. The molecule has 374 valence electrons. The SMILES string of the molecule is CC(C)(C)c1ccc2c(c1)B1c3sc4cc5c(cc4c3N(c3ccc4c(c3)C(C)(C)CCC4(C)C)c3cc(C(C)(C)C)cc(c31)N2c1ccc2c(c1-c1ccccc1)C(C)(C)CCC2(C)C)C1(C)CCC5(C)C1. The van der Waals surface area contributed by atoms with Gasteiger partial charge in [0, 0.05) is 43.2 Å². The third kappa shape index (κ3) is 6.72. The first kappa shape index (κ1) is 47.6. The molecule has 2 bridgehead atoms. The zero-order valence-corrected chi connectivity index (χ0v) is 48.0. The lowest BCUT2D eigenvalue weighted by Gasteiger charge is -2.47. The molecule has 13 rings (SSSR count). The Morgan fingerprint density at radius 1 is 0.479 bits per heavy atom. The molecular formula is C69H79BN2S. The van der Waals surface area contributed by atoms with Crippen LogP contribution in [0.25, 0.3) is 21.2 Å². The van der Waals surface area contributed by atoms with Gasteiger partial charge in [-0.3, -0.25) is 0 Å². The summed E-state index contributed by atoms with van der Waals surface area (Å²) < 4.78 is 2.93. The molecule has 73 heavy (non-hydrogen) atoms. The Hall–Kier alpha value is -5.06. The standard InChI is InChI=1S/C69H79BN2S/c1-62(2,3)42-22-26-52-51(34-42)70-59-54(35-43(63(4,5)6)36-55(59)72(52)53-27-25-47-58(57(53)41-20-18-17-19-21-41)67(13,14)31-30-65(47,9)10)71(44-23-24-46-48(37-44)66(11,12)29-28-64(46,7)8)60-45-38-49-50(39-56(45)73-61(60)70)69(16)33-32-68(49,15)40-69/h17-27,34-39H,28-33,40H2,1-16H3. The van der Waals surface area contributed by atoms with E-state index in [1.165, 1.54) is 143 Å². The predicted octanol–water partition coefficient (Wildman–Crippen LogP) is 17.7. The first-order valence-electron chi connectivity index (χ1n) is 28.1. The molecule has 1 aromatic heterocycles. The molecule has 6 aromatic carbocycles. The molecule has 2 nitrogen and oxygen atoms in total. The van der Waals surface area contributed by atoms with Crippen molar-refractivity contribution in [3.05, 3.63) is 148 Å². The lowest BCUT2D eigenvalue weighted by atomic mass is 9.36. The van der Waals surface area contributed by atoms with Gasteiger partial charge in [-0.05, 0) is 198 Å². The van der Waals surface area contributed by atoms with Crippen LogP contribution in [-0.4, -0.2) is 6.71 Å². The minimum atomic E-state index is -0.123. The summed E-state index contributed by atoms with van der Waals surface area (Å²) >= 11 is 2.10. The zero-order valence-electron chi connectivity index (χ0n) is 47.1. The van der Waals surface area contributed by atoms with Crippen LogP contribution in [0.15, 0.2) is 103 Å². The summed E-state index contributed by atoms with van der Waals surface area (Å²) in [4.78, 5) is 5.56. The highest BCUT2D eigenvalue weighted by atomic mass is 32.1. The van der Waals surface area contributed by atoms with E-state index >= 15 is 0 Å². The fourth-order valence-electron chi connectivity index (χ4n) is 15.5. The highest BCUT2D eigenvalue weighted by molar-refractivity contribution is 7.33. The lowest BCUT2D eigenvalue weighted by molar-refractivity contribution is 0.332. The smallest absolute Gasteiger partial charge is 0.264 e. The number of benzene rings is 6. The predicted molar refractivity (Wildman–Crippen MR) is 318 cm³/mol. The monoisotopic (exact) mass is 979 g/mol. The average Bonchev–Trinajstić information content (AvgIpc) is 3.94. The first-order valence-corrected chi connectivity index (χ1v) is 28.9. The second kappa shape index (κ2) is 14.9. The van der Waals surface area contributed by atoms with Crippen molar-refractivity contribution in [1.82, 2.24) is 0 Å². The minimum absolute atomic E-state index is 0.0125. The van der Waals surface area contributed by atoms with Gasteiger partial charge < -0.3 is 9.80 Å². The Labute approximate surface area is 443 Å². The largest absolute Gasteiger partial charge is 0.311 e. The van der Waals surface area contributed by atoms with E-state index in [0.29, 0.717) is 0 Å². The summed E-state index contributed by atoms with van der Waals surface area (Å²) in [5.74, 6) is 0. The van der Waals surface area contributed by atoms with Crippen molar-refractivity contribution in [2.45, 2.75) is 199 Å². The zero-order chi connectivity index (χ0) is 51.5. The fourth-order valence-corrected chi connectivity index (χ4v) is 16.9. The molecule has 3 heterocycles. The van der Waals surface area contributed by atoms with Crippen LogP contribution >= 0.6 is 11.3 Å². The van der Waals surface area contributed by atoms with Crippen molar-refractivity contribution >= 4 is 78.0 Å². The molecule has 1 fully saturated rings. The molecule has 7 aromatic rings. The van der Waals surface area contributed by atoms with E-state index in [-0.39, 0.29) is 50.0 Å². The number of hydrogen-bond donors (Lipinski definition) is 0. The van der Waals surface area contributed by atoms with Crippen LogP contribution in [0.4, 0.5) is 34.1 Å². The molecule has 0 radical (unpaired) electrons. The molecule has 6 aliphatic rings. The van der Waals surface area contributed by atoms with Gasteiger partial charge in [0.15, 0.2) is 0 Å². The number of anilines is 6. The van der Waals surface area contributed by atoms with E-state index < -0.39 is 0 Å². The molecule has 0 N–H and O–H groups in total. The van der Waals surface area contributed by atoms with Gasteiger partial charge in [0.25, 0.3) is 6.71 Å². The van der Waals surface area contributed by atoms with Crippen LogP contribution in [0.5, 0.6) is 0 Å². The van der Waals surface area contributed by atoms with Crippen LogP contribution in [0.1, 0.15) is 200 Å². The Kier molecular flexibility index (Phi) is 9.70. The maximum Gasteiger partial charge on any atom is 0.264 e. The number of thiophene rings is 1. The maximum atomic E-state index is 2.80. The summed E-state index contributed by atoms with van der Waals surface area (Å²) in [6.45, 7) is 39.6. The highest BCUT2D eigenvalue weighted by Gasteiger charge is 2.54. The van der Waals surface area contributed by atoms with Gasteiger partial charge in [-0.25, -0.2) is 0 Å². The highest BCUT2D eigenvalue weighted by Crippen LogP contribution is 2.63. The molecule has 0 saturated heterocycles. The normalized spacial score (nSPS) is 23.4. The lowest BCUT2D eigenvalue weighted by Crippen LogP contribution is -2.60. The Morgan fingerprint density at radius 2 is 1.05 bits per heavy atom. The molecule has 4 aliphatic carbocycles. The number of fused-ring (bicyclic) bond motifs is 13. The van der Waals surface area contributed by atoms with Crippen LogP contribution in [0.3, 0.4) is 0 Å². The second-order valence-electron chi connectivity index (χ2n) is 29.3. The third-order valence-corrected chi connectivity index (χ3v) is 21.4. The van der Waals surface area contributed by atoms with E-state index in [0.717, 1.165) is 6.42 Å². The van der Waals surface area contributed by atoms with Crippen LogP contribution in [0.2, 0.25) is 0 Å². The summed E-state index contributed by atoms with van der Waals surface area (Å²) in [5.41, 5.74) is 26.1. The Morgan fingerprint density at radius 3 is 1.71 bits per heavy atom. The Balaban J connectivity index is 1.19. The van der Waals surface area contributed by atoms with E-state index in [1.54, 1.807) is 11.1 Å². The van der Waals surface area contributed by atoms with Crippen LogP contribution < -0.4 is 25.5 Å². The van der Waals surface area contributed by atoms with Gasteiger partial charge >= 0.3 is 0 Å². The number of rotatable bonds is 3.